The third-order valence-corrected chi connectivity index (χ3v) is 5.00. The van der Waals surface area contributed by atoms with Gasteiger partial charge in [0.25, 0.3) is 5.56 Å². The Hall–Kier alpha value is -2.17. The van der Waals surface area contributed by atoms with Crippen LogP contribution < -0.4 is 10.5 Å². The van der Waals surface area contributed by atoms with Crippen molar-refractivity contribution in [2.75, 3.05) is 18.0 Å². The second-order valence-electron chi connectivity index (χ2n) is 6.49. The van der Waals surface area contributed by atoms with E-state index in [4.69, 9.17) is 0 Å². The summed E-state index contributed by atoms with van der Waals surface area (Å²) in [5.74, 6) is 1.29. The smallest absolute Gasteiger partial charge is 0.250 e. The van der Waals surface area contributed by atoms with Crippen molar-refractivity contribution in [3.05, 3.63) is 51.2 Å². The van der Waals surface area contributed by atoms with E-state index in [2.05, 4.69) is 27.9 Å². The second-order valence-corrected chi connectivity index (χ2v) is 6.49. The summed E-state index contributed by atoms with van der Waals surface area (Å²) < 4.78 is 1.62. The number of aryl methyl sites for hydroxylation is 3. The van der Waals surface area contributed by atoms with Crippen LogP contribution in [0.3, 0.4) is 0 Å². The van der Waals surface area contributed by atoms with Crippen molar-refractivity contribution in [2.24, 2.45) is 7.05 Å². The Morgan fingerprint density at radius 2 is 1.70 bits per heavy atom. The number of anilines is 1. The standard InChI is InChI=1S/C18H24N4O/c1-12-13(2)19-18(20-14(12)3)22-9-6-15(7-10-22)16-5-8-21(4)17(23)11-16/h5,8,11,15H,6-7,9-10H2,1-4H3. The topological polar surface area (TPSA) is 51.0 Å². The minimum Gasteiger partial charge on any atom is -0.341 e. The van der Waals surface area contributed by atoms with Gasteiger partial charge >= 0.3 is 0 Å². The number of pyridine rings is 1. The fraction of sp³-hybridized carbons (Fsp3) is 0.500. The van der Waals surface area contributed by atoms with Crippen molar-refractivity contribution >= 4 is 5.95 Å². The average Bonchev–Trinajstić information content (AvgIpc) is 2.55. The van der Waals surface area contributed by atoms with Crippen LogP contribution in [0.5, 0.6) is 0 Å². The third kappa shape index (κ3) is 3.14. The SMILES string of the molecule is Cc1nc(N2CCC(c3ccn(C)c(=O)c3)CC2)nc(C)c1C. The first kappa shape index (κ1) is 15.7. The summed E-state index contributed by atoms with van der Waals surface area (Å²) in [5.41, 5.74) is 4.51. The minimum atomic E-state index is 0.0676. The lowest BCUT2D eigenvalue weighted by Crippen LogP contribution is -2.34. The molecule has 0 saturated carbocycles. The zero-order valence-electron chi connectivity index (χ0n) is 14.3. The van der Waals surface area contributed by atoms with Gasteiger partial charge in [-0.3, -0.25) is 4.79 Å². The van der Waals surface area contributed by atoms with E-state index in [0.717, 1.165) is 48.8 Å². The first-order valence-electron chi connectivity index (χ1n) is 8.19. The van der Waals surface area contributed by atoms with E-state index < -0.39 is 0 Å². The van der Waals surface area contributed by atoms with Crippen LogP contribution >= 0.6 is 0 Å². The maximum absolute atomic E-state index is 11.8. The van der Waals surface area contributed by atoms with Gasteiger partial charge in [-0.05, 0) is 56.7 Å². The van der Waals surface area contributed by atoms with Gasteiger partial charge in [-0.1, -0.05) is 0 Å². The minimum absolute atomic E-state index is 0.0676. The Labute approximate surface area is 137 Å². The van der Waals surface area contributed by atoms with Gasteiger partial charge < -0.3 is 9.47 Å². The van der Waals surface area contributed by atoms with Crippen molar-refractivity contribution < 1.29 is 0 Å². The van der Waals surface area contributed by atoms with E-state index in [0.29, 0.717) is 5.92 Å². The molecule has 0 amide bonds. The van der Waals surface area contributed by atoms with Crippen molar-refractivity contribution in [1.29, 1.82) is 0 Å². The maximum Gasteiger partial charge on any atom is 0.250 e. The van der Waals surface area contributed by atoms with Crippen molar-refractivity contribution in [3.8, 4) is 0 Å². The van der Waals surface area contributed by atoms with Gasteiger partial charge in [0.1, 0.15) is 0 Å². The summed E-state index contributed by atoms with van der Waals surface area (Å²) in [6.07, 6.45) is 3.92. The largest absolute Gasteiger partial charge is 0.341 e. The molecule has 0 unspecified atom stereocenters. The Balaban J connectivity index is 1.73. The Bertz CT molecular complexity index is 750. The molecule has 0 atom stereocenters. The van der Waals surface area contributed by atoms with Crippen LogP contribution in [0.15, 0.2) is 23.1 Å². The van der Waals surface area contributed by atoms with E-state index in [1.807, 2.05) is 20.0 Å². The van der Waals surface area contributed by atoms with Crippen LogP contribution in [0.4, 0.5) is 5.95 Å². The molecule has 0 bridgehead atoms. The van der Waals surface area contributed by atoms with Gasteiger partial charge in [0.15, 0.2) is 0 Å². The highest BCUT2D eigenvalue weighted by atomic mass is 16.1. The van der Waals surface area contributed by atoms with Gasteiger partial charge in [-0.25, -0.2) is 9.97 Å². The van der Waals surface area contributed by atoms with E-state index in [1.165, 1.54) is 5.56 Å². The molecule has 1 fully saturated rings. The first-order valence-corrected chi connectivity index (χ1v) is 8.19. The molecule has 1 aliphatic rings. The van der Waals surface area contributed by atoms with Crippen LogP contribution in [0.25, 0.3) is 0 Å². The summed E-state index contributed by atoms with van der Waals surface area (Å²) in [5, 5.41) is 0. The molecular weight excluding hydrogens is 288 g/mol. The van der Waals surface area contributed by atoms with Gasteiger partial charge in [-0.15, -0.1) is 0 Å². The lowest BCUT2D eigenvalue weighted by atomic mass is 9.90. The molecule has 3 heterocycles. The monoisotopic (exact) mass is 312 g/mol. The van der Waals surface area contributed by atoms with Crippen LogP contribution in [0, 0.1) is 20.8 Å². The summed E-state index contributed by atoms with van der Waals surface area (Å²) in [6.45, 7) is 8.01. The number of rotatable bonds is 2. The van der Waals surface area contributed by atoms with Crippen LogP contribution in [0.2, 0.25) is 0 Å². The molecule has 2 aromatic heterocycles. The first-order chi connectivity index (χ1) is 11.0. The zero-order chi connectivity index (χ0) is 16.6. The summed E-state index contributed by atoms with van der Waals surface area (Å²) >= 11 is 0. The Morgan fingerprint density at radius 3 is 2.26 bits per heavy atom. The normalized spacial score (nSPS) is 15.9. The fourth-order valence-electron chi connectivity index (χ4n) is 3.13. The van der Waals surface area contributed by atoms with Crippen molar-refractivity contribution in [2.45, 2.75) is 39.5 Å². The fourth-order valence-corrected chi connectivity index (χ4v) is 3.13. The quantitative estimate of drug-likeness (QED) is 0.855. The highest BCUT2D eigenvalue weighted by molar-refractivity contribution is 5.37. The van der Waals surface area contributed by atoms with Gasteiger partial charge in [0, 0.05) is 43.8 Å². The Kier molecular flexibility index (Phi) is 4.20. The lowest BCUT2D eigenvalue weighted by molar-refractivity contribution is 0.497. The molecule has 2 aromatic rings. The molecule has 0 spiro atoms. The lowest BCUT2D eigenvalue weighted by Gasteiger charge is -2.32. The van der Waals surface area contributed by atoms with E-state index in [9.17, 15) is 4.79 Å². The highest BCUT2D eigenvalue weighted by Gasteiger charge is 2.23. The predicted octanol–water partition coefficient (Wildman–Crippen LogP) is 2.48. The third-order valence-electron chi connectivity index (χ3n) is 5.00. The molecule has 23 heavy (non-hydrogen) atoms. The molecule has 0 aromatic carbocycles. The molecule has 3 rings (SSSR count). The molecule has 5 nitrogen and oxygen atoms in total. The molecule has 122 valence electrons. The maximum atomic E-state index is 11.8. The molecule has 1 saturated heterocycles. The van der Waals surface area contributed by atoms with Crippen LogP contribution in [-0.2, 0) is 7.05 Å². The molecule has 5 heteroatoms. The number of piperidine rings is 1. The van der Waals surface area contributed by atoms with Gasteiger partial charge in [0.05, 0.1) is 0 Å². The number of hydrogen-bond donors (Lipinski definition) is 0. The highest BCUT2D eigenvalue weighted by Crippen LogP contribution is 2.29. The molecule has 1 aliphatic heterocycles. The molecule has 0 radical (unpaired) electrons. The van der Waals surface area contributed by atoms with E-state index >= 15 is 0 Å². The summed E-state index contributed by atoms with van der Waals surface area (Å²) in [7, 11) is 1.79. The molecule has 0 N–H and O–H groups in total. The molecule has 0 aliphatic carbocycles. The second kappa shape index (κ2) is 6.14. The number of aromatic nitrogens is 3. The average molecular weight is 312 g/mol. The predicted molar refractivity (Wildman–Crippen MR) is 92.1 cm³/mol. The van der Waals surface area contributed by atoms with Gasteiger partial charge in [0.2, 0.25) is 5.95 Å². The van der Waals surface area contributed by atoms with Gasteiger partial charge in [-0.2, -0.15) is 0 Å². The summed E-state index contributed by atoms with van der Waals surface area (Å²) in [6, 6.07) is 3.84. The number of hydrogen-bond acceptors (Lipinski definition) is 4. The Morgan fingerprint density at radius 1 is 1.09 bits per heavy atom. The zero-order valence-corrected chi connectivity index (χ0v) is 14.3. The molecular formula is C18H24N4O. The van der Waals surface area contributed by atoms with E-state index in [1.54, 1.807) is 17.7 Å². The van der Waals surface area contributed by atoms with E-state index in [-0.39, 0.29) is 5.56 Å². The van der Waals surface area contributed by atoms with Crippen molar-refractivity contribution in [3.63, 3.8) is 0 Å². The van der Waals surface area contributed by atoms with Crippen molar-refractivity contribution in [1.82, 2.24) is 14.5 Å². The van der Waals surface area contributed by atoms with Crippen LogP contribution in [-0.4, -0.2) is 27.6 Å². The van der Waals surface area contributed by atoms with Crippen LogP contribution in [0.1, 0.15) is 41.3 Å². The summed E-state index contributed by atoms with van der Waals surface area (Å²) in [4.78, 5) is 23.4. The number of nitrogens with zero attached hydrogens (tertiary/aromatic N) is 4.